The third-order valence-electron chi connectivity index (χ3n) is 2.79. The van der Waals surface area contributed by atoms with Gasteiger partial charge in [-0.05, 0) is 26.8 Å². The van der Waals surface area contributed by atoms with Crippen molar-refractivity contribution in [1.82, 2.24) is 4.98 Å². The molecule has 0 aliphatic rings. The standard InChI is InChI=1S/C14H17NO/c1-4-16-14(2,3)12-9-5-7-11-8-6-10-15-13(11)12/h5-10H,4H2,1-3H3. The molecule has 1 aromatic carbocycles. The van der Waals surface area contributed by atoms with E-state index in [9.17, 15) is 0 Å². The Morgan fingerprint density at radius 3 is 2.69 bits per heavy atom. The Bertz CT molecular complexity index is 486. The number of benzene rings is 1. The molecule has 0 amide bonds. The van der Waals surface area contributed by atoms with Crippen LogP contribution in [0, 0.1) is 0 Å². The highest BCUT2D eigenvalue weighted by Gasteiger charge is 2.23. The van der Waals surface area contributed by atoms with Crippen LogP contribution in [0.2, 0.25) is 0 Å². The van der Waals surface area contributed by atoms with Gasteiger partial charge in [-0.2, -0.15) is 0 Å². The molecule has 0 aliphatic carbocycles. The van der Waals surface area contributed by atoms with Crippen molar-refractivity contribution >= 4 is 10.9 Å². The van der Waals surface area contributed by atoms with Gasteiger partial charge in [-0.3, -0.25) is 4.98 Å². The molecule has 0 bridgehead atoms. The van der Waals surface area contributed by atoms with Gasteiger partial charge in [-0.25, -0.2) is 0 Å². The van der Waals surface area contributed by atoms with E-state index in [4.69, 9.17) is 4.74 Å². The minimum absolute atomic E-state index is 0.289. The molecule has 0 radical (unpaired) electrons. The maximum absolute atomic E-state index is 5.78. The van der Waals surface area contributed by atoms with Crippen LogP contribution in [0.1, 0.15) is 26.3 Å². The molecular weight excluding hydrogens is 198 g/mol. The molecule has 84 valence electrons. The molecule has 2 nitrogen and oxygen atoms in total. The van der Waals surface area contributed by atoms with Gasteiger partial charge in [0.05, 0.1) is 11.1 Å². The number of nitrogens with zero attached hydrogens (tertiary/aromatic N) is 1. The smallest absolute Gasteiger partial charge is 0.0896 e. The molecule has 0 saturated heterocycles. The number of hydrogen-bond acceptors (Lipinski definition) is 2. The lowest BCUT2D eigenvalue weighted by molar-refractivity contribution is -0.0130. The average molecular weight is 215 g/mol. The van der Waals surface area contributed by atoms with Crippen LogP contribution in [0.3, 0.4) is 0 Å². The van der Waals surface area contributed by atoms with Gasteiger partial charge < -0.3 is 4.74 Å². The second kappa shape index (κ2) is 4.22. The SMILES string of the molecule is CCOC(C)(C)c1cccc2cccnc12. The highest BCUT2D eigenvalue weighted by molar-refractivity contribution is 5.82. The number of hydrogen-bond donors (Lipinski definition) is 0. The molecule has 2 heteroatoms. The first-order chi connectivity index (χ1) is 7.65. The van der Waals surface area contributed by atoms with Crippen LogP contribution >= 0.6 is 0 Å². The van der Waals surface area contributed by atoms with E-state index in [1.165, 1.54) is 0 Å². The van der Waals surface area contributed by atoms with Crippen molar-refractivity contribution in [2.24, 2.45) is 0 Å². The third kappa shape index (κ3) is 1.93. The van der Waals surface area contributed by atoms with Crippen molar-refractivity contribution in [3.8, 4) is 0 Å². The van der Waals surface area contributed by atoms with E-state index in [1.54, 1.807) is 0 Å². The van der Waals surface area contributed by atoms with Gasteiger partial charge in [-0.15, -0.1) is 0 Å². The average Bonchev–Trinajstić information content (AvgIpc) is 2.28. The van der Waals surface area contributed by atoms with Gasteiger partial charge >= 0.3 is 0 Å². The van der Waals surface area contributed by atoms with Crippen LogP contribution in [0.25, 0.3) is 10.9 Å². The first-order valence-electron chi connectivity index (χ1n) is 5.63. The quantitative estimate of drug-likeness (QED) is 0.781. The van der Waals surface area contributed by atoms with E-state index < -0.39 is 0 Å². The van der Waals surface area contributed by atoms with Crippen molar-refractivity contribution in [2.45, 2.75) is 26.4 Å². The fraction of sp³-hybridized carbons (Fsp3) is 0.357. The Morgan fingerprint density at radius 1 is 1.19 bits per heavy atom. The molecule has 2 aromatic rings. The summed E-state index contributed by atoms with van der Waals surface area (Å²) >= 11 is 0. The second-order valence-corrected chi connectivity index (χ2v) is 4.32. The molecule has 16 heavy (non-hydrogen) atoms. The van der Waals surface area contributed by atoms with Crippen molar-refractivity contribution in [3.63, 3.8) is 0 Å². The zero-order valence-electron chi connectivity index (χ0n) is 10.0. The molecule has 0 atom stereocenters. The molecule has 0 fully saturated rings. The van der Waals surface area contributed by atoms with Gasteiger partial charge in [0, 0.05) is 23.8 Å². The summed E-state index contributed by atoms with van der Waals surface area (Å²) in [6.07, 6.45) is 1.83. The van der Waals surface area contributed by atoms with Crippen molar-refractivity contribution < 1.29 is 4.74 Å². The number of aromatic nitrogens is 1. The summed E-state index contributed by atoms with van der Waals surface area (Å²) in [5.41, 5.74) is 1.89. The Hall–Kier alpha value is -1.41. The fourth-order valence-corrected chi connectivity index (χ4v) is 2.03. The van der Waals surface area contributed by atoms with Crippen LogP contribution in [0.15, 0.2) is 36.5 Å². The van der Waals surface area contributed by atoms with Crippen LogP contribution in [0.4, 0.5) is 0 Å². The fourth-order valence-electron chi connectivity index (χ4n) is 2.03. The molecule has 0 saturated carbocycles. The highest BCUT2D eigenvalue weighted by Crippen LogP contribution is 2.29. The highest BCUT2D eigenvalue weighted by atomic mass is 16.5. The lowest BCUT2D eigenvalue weighted by atomic mass is 9.95. The van der Waals surface area contributed by atoms with E-state index in [-0.39, 0.29) is 5.60 Å². The summed E-state index contributed by atoms with van der Waals surface area (Å²) < 4.78 is 5.78. The minimum atomic E-state index is -0.289. The molecule has 0 unspecified atom stereocenters. The van der Waals surface area contributed by atoms with Crippen molar-refractivity contribution in [3.05, 3.63) is 42.1 Å². The summed E-state index contributed by atoms with van der Waals surface area (Å²) in [6, 6.07) is 10.3. The lowest BCUT2D eigenvalue weighted by Gasteiger charge is -2.26. The summed E-state index contributed by atoms with van der Waals surface area (Å²) in [5.74, 6) is 0. The van der Waals surface area contributed by atoms with Gasteiger partial charge in [-0.1, -0.05) is 24.3 Å². The summed E-state index contributed by atoms with van der Waals surface area (Å²) in [6.45, 7) is 6.89. The first kappa shape index (κ1) is 11.1. The Kier molecular flexibility index (Phi) is 2.92. The van der Waals surface area contributed by atoms with Crippen LogP contribution in [-0.2, 0) is 10.3 Å². The van der Waals surface area contributed by atoms with Gasteiger partial charge in [0.1, 0.15) is 0 Å². The molecule has 0 aliphatic heterocycles. The number of para-hydroxylation sites is 1. The number of fused-ring (bicyclic) bond motifs is 1. The van der Waals surface area contributed by atoms with E-state index >= 15 is 0 Å². The van der Waals surface area contributed by atoms with E-state index in [0.717, 1.165) is 16.5 Å². The summed E-state index contributed by atoms with van der Waals surface area (Å²) in [7, 11) is 0. The maximum atomic E-state index is 5.78. The largest absolute Gasteiger partial charge is 0.371 e. The summed E-state index contributed by atoms with van der Waals surface area (Å²) in [5, 5.41) is 1.16. The number of rotatable bonds is 3. The Balaban J connectivity index is 2.60. The van der Waals surface area contributed by atoms with Crippen molar-refractivity contribution in [2.75, 3.05) is 6.61 Å². The maximum Gasteiger partial charge on any atom is 0.0896 e. The van der Waals surface area contributed by atoms with Crippen LogP contribution < -0.4 is 0 Å². The molecule has 1 aromatic heterocycles. The summed E-state index contributed by atoms with van der Waals surface area (Å²) in [4.78, 5) is 4.45. The molecular formula is C14H17NO. The van der Waals surface area contributed by atoms with Gasteiger partial charge in [0.25, 0.3) is 0 Å². The number of pyridine rings is 1. The van der Waals surface area contributed by atoms with E-state index in [0.29, 0.717) is 6.61 Å². The second-order valence-electron chi connectivity index (χ2n) is 4.32. The topological polar surface area (TPSA) is 22.1 Å². The zero-order valence-corrected chi connectivity index (χ0v) is 10.0. The minimum Gasteiger partial charge on any atom is -0.371 e. The van der Waals surface area contributed by atoms with E-state index in [2.05, 4.69) is 43.1 Å². The molecule has 2 rings (SSSR count). The van der Waals surface area contributed by atoms with E-state index in [1.807, 2.05) is 19.2 Å². The molecule has 0 N–H and O–H groups in total. The normalized spacial score (nSPS) is 11.9. The van der Waals surface area contributed by atoms with Crippen LogP contribution in [-0.4, -0.2) is 11.6 Å². The third-order valence-corrected chi connectivity index (χ3v) is 2.79. The lowest BCUT2D eigenvalue weighted by Crippen LogP contribution is -2.22. The number of ether oxygens (including phenoxy) is 1. The Morgan fingerprint density at radius 2 is 1.94 bits per heavy atom. The van der Waals surface area contributed by atoms with Gasteiger partial charge in [0.2, 0.25) is 0 Å². The predicted molar refractivity (Wildman–Crippen MR) is 66.4 cm³/mol. The monoisotopic (exact) mass is 215 g/mol. The first-order valence-corrected chi connectivity index (χ1v) is 5.63. The molecule has 1 heterocycles. The van der Waals surface area contributed by atoms with Gasteiger partial charge in [0.15, 0.2) is 0 Å². The predicted octanol–water partition coefficient (Wildman–Crippen LogP) is 3.51. The van der Waals surface area contributed by atoms with Crippen molar-refractivity contribution in [1.29, 1.82) is 0 Å². The van der Waals surface area contributed by atoms with Crippen LogP contribution in [0.5, 0.6) is 0 Å². The zero-order chi connectivity index (χ0) is 11.6. The Labute approximate surface area is 96.3 Å². The molecule has 0 spiro atoms.